The number of nitrogens with one attached hydrogen (secondary N) is 2. The average Bonchev–Trinajstić information content (AvgIpc) is 3.53. The first-order valence-electron chi connectivity index (χ1n) is 12.2. The maximum Gasteiger partial charge on any atom is 0.573 e. The largest absolute Gasteiger partial charge is 0.573 e. The van der Waals surface area contributed by atoms with E-state index >= 15 is 0 Å². The van der Waals surface area contributed by atoms with Gasteiger partial charge in [0, 0.05) is 23.7 Å². The first kappa shape index (κ1) is 26.6. The van der Waals surface area contributed by atoms with Crippen molar-refractivity contribution in [1.82, 2.24) is 9.88 Å². The van der Waals surface area contributed by atoms with Crippen molar-refractivity contribution in [2.75, 3.05) is 23.8 Å². The summed E-state index contributed by atoms with van der Waals surface area (Å²) in [6.45, 7) is 2.72. The van der Waals surface area contributed by atoms with Crippen LogP contribution in [0.25, 0.3) is 11.3 Å². The molecule has 0 saturated carbocycles. The number of likely N-dealkylation sites (tertiary alicyclic amines) is 1. The van der Waals surface area contributed by atoms with Crippen LogP contribution in [0.5, 0.6) is 5.75 Å². The Balaban J connectivity index is 1.32. The number of carbonyl (C=O) groups is 2. The van der Waals surface area contributed by atoms with E-state index in [1.807, 2.05) is 4.90 Å². The molecule has 1 unspecified atom stereocenters. The summed E-state index contributed by atoms with van der Waals surface area (Å²) in [4.78, 5) is 32.0. The van der Waals surface area contributed by atoms with Crippen molar-refractivity contribution in [3.05, 3.63) is 72.2 Å². The summed E-state index contributed by atoms with van der Waals surface area (Å²) in [7, 11) is 0. The molecule has 3 aromatic rings. The van der Waals surface area contributed by atoms with Crippen LogP contribution < -0.4 is 15.4 Å². The number of rotatable bonds is 7. The van der Waals surface area contributed by atoms with Crippen LogP contribution in [-0.4, -0.2) is 59.4 Å². The molecule has 0 radical (unpaired) electrons. The number of carbonyl (C=O) groups excluding carboxylic acids is 2. The van der Waals surface area contributed by atoms with Gasteiger partial charge >= 0.3 is 6.36 Å². The Labute approximate surface area is 220 Å². The number of hydrogen-bond donors (Lipinski definition) is 2. The average molecular weight is 545 g/mol. The van der Waals surface area contributed by atoms with Gasteiger partial charge in [-0.3, -0.25) is 19.5 Å². The molecule has 0 aliphatic carbocycles. The van der Waals surface area contributed by atoms with Crippen molar-refractivity contribution >= 4 is 23.2 Å². The van der Waals surface area contributed by atoms with Crippen LogP contribution in [0.1, 0.15) is 23.7 Å². The molecule has 2 saturated heterocycles. The van der Waals surface area contributed by atoms with Gasteiger partial charge < -0.3 is 20.1 Å². The minimum Gasteiger partial charge on any atom is -0.404 e. The third-order valence-corrected chi connectivity index (χ3v) is 6.69. The number of halogens is 4. The maximum absolute atomic E-state index is 13.5. The highest BCUT2D eigenvalue weighted by molar-refractivity contribution is 6.06. The summed E-state index contributed by atoms with van der Waals surface area (Å²) in [6, 6.07) is 11.7. The van der Waals surface area contributed by atoms with E-state index in [0.29, 0.717) is 30.1 Å². The van der Waals surface area contributed by atoms with Crippen molar-refractivity contribution in [3.63, 3.8) is 0 Å². The zero-order valence-corrected chi connectivity index (χ0v) is 20.7. The van der Waals surface area contributed by atoms with Crippen LogP contribution in [0.15, 0.2) is 60.8 Å². The second kappa shape index (κ2) is 10.6. The molecular formula is C27H24F4N4O4. The lowest BCUT2D eigenvalue weighted by atomic mass is 10.1. The fourth-order valence-corrected chi connectivity index (χ4v) is 4.76. The summed E-state index contributed by atoms with van der Waals surface area (Å²) in [5, 5.41) is 5.10. The lowest BCUT2D eigenvalue weighted by Crippen LogP contribution is -2.48. The molecule has 2 aliphatic heterocycles. The fourth-order valence-electron chi connectivity index (χ4n) is 4.76. The fraction of sp³-hybridized carbons (Fsp3) is 0.296. The zero-order chi connectivity index (χ0) is 27.7. The predicted molar refractivity (Wildman–Crippen MR) is 134 cm³/mol. The van der Waals surface area contributed by atoms with E-state index in [0.717, 1.165) is 24.6 Å². The number of nitrogens with zero attached hydrogens (tertiary/aromatic N) is 2. The molecule has 12 heteroatoms. The summed E-state index contributed by atoms with van der Waals surface area (Å²) in [6.07, 6.45) is -2.79. The van der Waals surface area contributed by atoms with Crippen LogP contribution in [0, 0.1) is 5.82 Å². The van der Waals surface area contributed by atoms with Crippen molar-refractivity contribution in [2.24, 2.45) is 0 Å². The van der Waals surface area contributed by atoms with Gasteiger partial charge in [-0.05, 0) is 55.8 Å². The van der Waals surface area contributed by atoms with E-state index in [4.69, 9.17) is 4.74 Å². The van der Waals surface area contributed by atoms with E-state index in [2.05, 4.69) is 20.4 Å². The summed E-state index contributed by atoms with van der Waals surface area (Å²) >= 11 is 0. The highest BCUT2D eigenvalue weighted by Gasteiger charge is 2.43. The lowest BCUT2D eigenvalue weighted by molar-refractivity contribution is -0.274. The molecule has 3 atom stereocenters. The van der Waals surface area contributed by atoms with Gasteiger partial charge in [-0.1, -0.05) is 12.1 Å². The highest BCUT2D eigenvalue weighted by atomic mass is 19.4. The molecule has 2 fully saturated rings. The molecule has 0 spiro atoms. The number of amides is 2. The number of hydrogen-bond acceptors (Lipinski definition) is 6. The monoisotopic (exact) mass is 544 g/mol. The van der Waals surface area contributed by atoms with Crippen molar-refractivity contribution < 1.29 is 36.6 Å². The molecule has 5 rings (SSSR count). The highest BCUT2D eigenvalue weighted by Crippen LogP contribution is 2.33. The summed E-state index contributed by atoms with van der Waals surface area (Å²) in [5.74, 6) is -2.24. The quantitative estimate of drug-likeness (QED) is 0.414. The van der Waals surface area contributed by atoms with Crippen molar-refractivity contribution in [1.29, 1.82) is 0 Å². The van der Waals surface area contributed by atoms with Gasteiger partial charge in [0.2, 0.25) is 5.91 Å². The molecule has 3 heterocycles. The first-order valence-corrected chi connectivity index (χ1v) is 12.2. The second-order valence-corrected chi connectivity index (χ2v) is 9.36. The number of ether oxygens (including phenoxy) is 2. The van der Waals surface area contributed by atoms with E-state index in [9.17, 15) is 27.2 Å². The molecule has 2 aromatic carbocycles. The van der Waals surface area contributed by atoms with E-state index in [1.165, 1.54) is 18.3 Å². The minimum atomic E-state index is -5.00. The summed E-state index contributed by atoms with van der Waals surface area (Å²) < 4.78 is 62.2. The minimum absolute atomic E-state index is 0.0182. The Morgan fingerprint density at radius 1 is 1.13 bits per heavy atom. The van der Waals surface area contributed by atoms with E-state index in [-0.39, 0.29) is 23.4 Å². The Bertz CT molecular complexity index is 1380. The molecule has 2 N–H and O–H groups in total. The molecule has 1 aromatic heterocycles. The van der Waals surface area contributed by atoms with Gasteiger partial charge in [0.1, 0.15) is 5.82 Å². The van der Waals surface area contributed by atoms with E-state index in [1.54, 1.807) is 31.2 Å². The van der Waals surface area contributed by atoms with Crippen molar-refractivity contribution in [3.8, 4) is 17.0 Å². The SMILES string of the molecule is CC(C(=O)Nc1cc(C(=O)Nc2ccc(-c3cccc(F)c3)nc2)ccc1OC(F)(F)F)N1C[C@H]2C[C@H]1CO2. The Kier molecular flexibility index (Phi) is 7.23. The summed E-state index contributed by atoms with van der Waals surface area (Å²) in [5.41, 5.74) is 1.03. The number of alkyl halides is 3. The van der Waals surface area contributed by atoms with Gasteiger partial charge in [-0.25, -0.2) is 4.39 Å². The van der Waals surface area contributed by atoms with Gasteiger partial charge in [0.15, 0.2) is 5.75 Å². The number of pyridine rings is 1. The van der Waals surface area contributed by atoms with Gasteiger partial charge in [0.05, 0.1) is 42.0 Å². The van der Waals surface area contributed by atoms with Crippen LogP contribution in [0.2, 0.25) is 0 Å². The second-order valence-electron chi connectivity index (χ2n) is 9.36. The molecule has 8 nitrogen and oxygen atoms in total. The predicted octanol–water partition coefficient (Wildman–Crippen LogP) is 4.84. The van der Waals surface area contributed by atoms with Gasteiger partial charge in [-0.2, -0.15) is 0 Å². The number of anilines is 2. The molecule has 2 aliphatic rings. The molecule has 204 valence electrons. The first-order chi connectivity index (χ1) is 18.6. The lowest BCUT2D eigenvalue weighted by Gasteiger charge is -2.31. The van der Waals surface area contributed by atoms with Gasteiger partial charge in [-0.15, -0.1) is 13.2 Å². The van der Waals surface area contributed by atoms with E-state index < -0.39 is 35.8 Å². The van der Waals surface area contributed by atoms with Gasteiger partial charge in [0.25, 0.3) is 5.91 Å². The topological polar surface area (TPSA) is 92.8 Å². The van der Waals surface area contributed by atoms with Crippen molar-refractivity contribution in [2.45, 2.75) is 37.9 Å². The molecule has 2 amide bonds. The van der Waals surface area contributed by atoms with Crippen LogP contribution in [0.4, 0.5) is 28.9 Å². The number of benzene rings is 2. The van der Waals surface area contributed by atoms with Crippen LogP contribution >= 0.6 is 0 Å². The number of aromatic nitrogens is 1. The third-order valence-electron chi connectivity index (χ3n) is 6.69. The zero-order valence-electron chi connectivity index (χ0n) is 20.7. The Morgan fingerprint density at radius 2 is 1.95 bits per heavy atom. The molecular weight excluding hydrogens is 520 g/mol. The Morgan fingerprint density at radius 3 is 2.59 bits per heavy atom. The third kappa shape index (κ3) is 6.18. The van der Waals surface area contributed by atoms with Crippen LogP contribution in [-0.2, 0) is 9.53 Å². The Hall–Kier alpha value is -4.03. The number of fused-ring (bicyclic) bond motifs is 2. The normalized spacial score (nSPS) is 19.5. The standard InChI is InChI=1S/C27H24F4N4O4/c1-15(35-13-21-11-20(35)14-38-21)25(36)34-23-10-17(5-8-24(23)39-27(29,30)31)26(37)33-19-6-7-22(32-12-19)16-3-2-4-18(28)9-16/h2-10,12,15,20-21H,11,13-14H2,1H3,(H,33,37)(H,34,36)/t15?,20-,21+/m0/s1. The number of morpholine rings is 1. The van der Waals surface area contributed by atoms with Crippen LogP contribution in [0.3, 0.4) is 0 Å². The molecule has 2 bridgehead atoms. The smallest absolute Gasteiger partial charge is 0.404 e. The maximum atomic E-state index is 13.5. The molecule has 39 heavy (non-hydrogen) atoms.